The fourth-order valence-corrected chi connectivity index (χ4v) is 7.46. The molecule has 39 heavy (non-hydrogen) atoms. The molecule has 4 N–H and O–H groups in total. The van der Waals surface area contributed by atoms with E-state index in [0.29, 0.717) is 34.7 Å². The van der Waals surface area contributed by atoms with Crippen molar-refractivity contribution in [2.45, 2.75) is 56.8 Å². The SMILES string of the molecule is C[C@H](C1CC1)N(C)Cc1cc(O)c2c(c1Cl)C[C@H]1C[C@H]3[C@H](N(C)C)C(=O)C(C(N)=O)C(=O)[C@@]3(O)C(=O)C1C2=O. The lowest BCUT2D eigenvalue weighted by molar-refractivity contribution is -0.181. The van der Waals surface area contributed by atoms with E-state index in [9.17, 15) is 34.2 Å². The van der Waals surface area contributed by atoms with Crippen molar-refractivity contribution < 1.29 is 34.2 Å². The summed E-state index contributed by atoms with van der Waals surface area (Å²) in [5.74, 6) is -10.1. The zero-order valence-corrected chi connectivity index (χ0v) is 23.2. The standard InChI is InChI=1S/C28H34ClN3O7/c1-11(12-5-6-12)32(4)10-14-9-17(33)19-15(21(14)29)7-13-8-16-22(31(2)3)24(35)20(27(30)38)26(37)28(16,39)25(36)18(13)23(19)34/h9,11-13,16,18,20,22,33,39H,5-8,10H2,1-4H3,(H2,30,38)/t11-,13+,16+,18?,20?,22+,28+/m1/s1. The summed E-state index contributed by atoms with van der Waals surface area (Å²) < 4.78 is 0. The van der Waals surface area contributed by atoms with Gasteiger partial charge in [-0.1, -0.05) is 11.6 Å². The average molecular weight is 560 g/mol. The largest absolute Gasteiger partial charge is 0.507 e. The van der Waals surface area contributed by atoms with E-state index in [1.165, 1.54) is 23.8 Å². The van der Waals surface area contributed by atoms with Gasteiger partial charge in [-0.3, -0.25) is 33.8 Å². The van der Waals surface area contributed by atoms with E-state index in [1.54, 1.807) is 14.1 Å². The summed E-state index contributed by atoms with van der Waals surface area (Å²) in [4.78, 5) is 69.8. The first-order valence-electron chi connectivity index (χ1n) is 13.3. The van der Waals surface area contributed by atoms with Crippen LogP contribution in [0.15, 0.2) is 6.07 Å². The molecule has 11 heteroatoms. The van der Waals surface area contributed by atoms with Gasteiger partial charge in [0.1, 0.15) is 5.75 Å². The number of benzene rings is 1. The second-order valence-corrected chi connectivity index (χ2v) is 12.4. The second-order valence-electron chi connectivity index (χ2n) is 12.0. The molecule has 2 unspecified atom stereocenters. The van der Waals surface area contributed by atoms with Gasteiger partial charge in [0.25, 0.3) is 0 Å². The van der Waals surface area contributed by atoms with Crippen molar-refractivity contribution in [3.05, 3.63) is 27.8 Å². The number of carbonyl (C=O) groups excluding carboxylic acids is 5. The molecule has 0 aromatic heterocycles. The number of hydrogen-bond acceptors (Lipinski definition) is 9. The molecule has 3 saturated carbocycles. The molecular weight excluding hydrogens is 526 g/mol. The van der Waals surface area contributed by atoms with Gasteiger partial charge in [0.2, 0.25) is 5.91 Å². The molecule has 0 radical (unpaired) electrons. The molecule has 210 valence electrons. The summed E-state index contributed by atoms with van der Waals surface area (Å²) in [7, 11) is 5.08. The molecule has 4 aliphatic carbocycles. The molecule has 0 spiro atoms. The lowest BCUT2D eigenvalue weighted by atomic mass is 9.52. The maximum atomic E-state index is 13.8. The highest BCUT2D eigenvalue weighted by molar-refractivity contribution is 6.34. The van der Waals surface area contributed by atoms with Crippen molar-refractivity contribution in [2.24, 2.45) is 35.3 Å². The first-order chi connectivity index (χ1) is 18.2. The highest BCUT2D eigenvalue weighted by Crippen LogP contribution is 2.52. The van der Waals surface area contributed by atoms with E-state index in [4.69, 9.17) is 17.3 Å². The summed E-state index contributed by atoms with van der Waals surface area (Å²) in [5, 5.41) is 22.9. The van der Waals surface area contributed by atoms with Crippen molar-refractivity contribution in [3.63, 3.8) is 0 Å². The van der Waals surface area contributed by atoms with E-state index in [1.807, 2.05) is 7.05 Å². The molecular formula is C28H34ClN3O7. The Labute approximate surface area is 231 Å². The smallest absolute Gasteiger partial charge is 0.235 e. The number of phenolic OH excluding ortho intramolecular Hbond substituents is 1. The van der Waals surface area contributed by atoms with E-state index in [0.717, 1.165) is 0 Å². The summed E-state index contributed by atoms with van der Waals surface area (Å²) in [6.07, 6.45) is 2.48. The monoisotopic (exact) mass is 559 g/mol. The second kappa shape index (κ2) is 9.47. The predicted molar refractivity (Wildman–Crippen MR) is 140 cm³/mol. The van der Waals surface area contributed by atoms with Gasteiger partial charge >= 0.3 is 0 Å². The number of hydrogen-bond donors (Lipinski definition) is 3. The van der Waals surface area contributed by atoms with Crippen LogP contribution in [0.25, 0.3) is 0 Å². The summed E-state index contributed by atoms with van der Waals surface area (Å²) >= 11 is 6.83. The summed E-state index contributed by atoms with van der Waals surface area (Å²) in [6, 6.07) is 0.627. The van der Waals surface area contributed by atoms with Crippen LogP contribution in [0.2, 0.25) is 5.02 Å². The highest BCUT2D eigenvalue weighted by atomic mass is 35.5. The first kappa shape index (κ1) is 27.9. The van der Waals surface area contributed by atoms with Gasteiger partial charge in [0.05, 0.1) is 17.5 Å². The minimum Gasteiger partial charge on any atom is -0.507 e. The fourth-order valence-electron chi connectivity index (χ4n) is 7.17. The van der Waals surface area contributed by atoms with Crippen LogP contribution >= 0.6 is 11.6 Å². The van der Waals surface area contributed by atoms with Gasteiger partial charge < -0.3 is 15.9 Å². The maximum absolute atomic E-state index is 13.8. The number of nitrogens with two attached hydrogens (primary N) is 1. The topological polar surface area (TPSA) is 158 Å². The molecule has 1 aromatic rings. The van der Waals surface area contributed by atoms with Crippen LogP contribution in [-0.4, -0.2) is 87.9 Å². The van der Waals surface area contributed by atoms with Crippen LogP contribution in [0.3, 0.4) is 0 Å². The van der Waals surface area contributed by atoms with E-state index >= 15 is 0 Å². The molecule has 10 nitrogen and oxygen atoms in total. The average Bonchev–Trinajstić information content (AvgIpc) is 3.69. The summed E-state index contributed by atoms with van der Waals surface area (Å²) in [5.41, 5.74) is 3.60. The number of likely N-dealkylation sites (N-methyl/N-ethyl adjacent to an activating group) is 1. The minimum atomic E-state index is -2.74. The number of halogens is 1. The van der Waals surface area contributed by atoms with Crippen LogP contribution in [0.4, 0.5) is 0 Å². The Balaban J connectivity index is 1.55. The number of fused-ring (bicyclic) bond motifs is 3. The minimum absolute atomic E-state index is 0.0101. The number of aromatic hydroxyl groups is 1. The normalized spacial score (nSPS) is 33.2. The number of ketones is 4. The van der Waals surface area contributed by atoms with Gasteiger partial charge in [-0.05, 0) is 82.8 Å². The van der Waals surface area contributed by atoms with Crippen LogP contribution < -0.4 is 5.73 Å². The zero-order chi connectivity index (χ0) is 28.7. The zero-order valence-electron chi connectivity index (χ0n) is 22.4. The van der Waals surface area contributed by atoms with E-state index in [2.05, 4.69) is 11.8 Å². The number of primary amides is 1. The lowest BCUT2D eigenvalue weighted by Crippen LogP contribution is -2.74. The Bertz CT molecular complexity index is 1310. The van der Waals surface area contributed by atoms with Crippen LogP contribution in [0.5, 0.6) is 5.75 Å². The van der Waals surface area contributed by atoms with Gasteiger partial charge in [-0.25, -0.2) is 0 Å². The molecule has 0 saturated heterocycles. The molecule has 1 aromatic carbocycles. The van der Waals surface area contributed by atoms with Gasteiger partial charge in [0, 0.05) is 23.5 Å². The van der Waals surface area contributed by atoms with Gasteiger partial charge in [-0.15, -0.1) is 0 Å². The van der Waals surface area contributed by atoms with Crippen molar-refractivity contribution in [3.8, 4) is 5.75 Å². The Kier molecular flexibility index (Phi) is 6.77. The molecule has 1 amide bonds. The van der Waals surface area contributed by atoms with Crippen molar-refractivity contribution in [1.29, 1.82) is 0 Å². The van der Waals surface area contributed by atoms with Crippen molar-refractivity contribution in [1.82, 2.24) is 9.80 Å². The van der Waals surface area contributed by atoms with Crippen LogP contribution in [0, 0.1) is 29.6 Å². The third-order valence-corrected chi connectivity index (χ3v) is 9.96. The van der Waals surface area contributed by atoms with Gasteiger partial charge in [0.15, 0.2) is 34.7 Å². The molecule has 7 atom stereocenters. The molecule has 0 aliphatic heterocycles. The molecule has 0 bridgehead atoms. The van der Waals surface area contributed by atoms with Gasteiger partial charge in [-0.2, -0.15) is 0 Å². The first-order valence-corrected chi connectivity index (χ1v) is 13.7. The van der Waals surface area contributed by atoms with Crippen molar-refractivity contribution >= 4 is 40.6 Å². The number of rotatable bonds is 6. The molecule has 5 rings (SSSR count). The molecule has 0 heterocycles. The van der Waals surface area contributed by atoms with Crippen LogP contribution in [0.1, 0.15) is 47.7 Å². The third kappa shape index (κ3) is 4.06. The Morgan fingerprint density at radius 2 is 1.82 bits per heavy atom. The number of nitrogens with zero attached hydrogens (tertiary/aromatic N) is 2. The van der Waals surface area contributed by atoms with E-state index in [-0.39, 0.29) is 24.2 Å². The quantitative estimate of drug-likeness (QED) is 0.427. The third-order valence-electron chi connectivity index (χ3n) is 9.49. The molecule has 3 fully saturated rings. The number of aliphatic hydroxyl groups is 1. The Morgan fingerprint density at radius 3 is 2.38 bits per heavy atom. The fraction of sp³-hybridized carbons (Fsp3) is 0.607. The van der Waals surface area contributed by atoms with Crippen molar-refractivity contribution in [2.75, 3.05) is 21.1 Å². The highest BCUT2D eigenvalue weighted by Gasteiger charge is 2.69. The summed E-state index contributed by atoms with van der Waals surface area (Å²) in [6.45, 7) is 2.60. The number of carbonyl (C=O) groups is 5. The lowest BCUT2D eigenvalue weighted by Gasteiger charge is -2.52. The molecule has 4 aliphatic rings. The maximum Gasteiger partial charge on any atom is 0.235 e. The number of amides is 1. The van der Waals surface area contributed by atoms with Crippen LogP contribution in [-0.2, 0) is 32.1 Å². The predicted octanol–water partition coefficient (Wildman–Crippen LogP) is 0.751. The number of phenols is 1. The number of Topliss-reactive ketones (excluding diaryl/α,β-unsaturated/α-hetero) is 4. The van der Waals surface area contributed by atoms with E-state index < -0.39 is 64.4 Å². The Hall–Kier alpha value is -2.66. The Morgan fingerprint density at radius 1 is 1.18 bits per heavy atom.